The molecule has 1 N–H and O–H groups in total. The van der Waals surface area contributed by atoms with Crippen LogP contribution < -0.4 is 29.7 Å². The molecule has 10 nitrogen and oxygen atoms in total. The topological polar surface area (TPSA) is 130 Å². The fourth-order valence-electron chi connectivity index (χ4n) is 5.95. The summed E-state index contributed by atoms with van der Waals surface area (Å²) in [5.74, 6) is -2.50. The Balaban J connectivity index is 1.52. The number of rotatable bonds is 4. The second-order valence-corrected chi connectivity index (χ2v) is 10.4. The van der Waals surface area contributed by atoms with E-state index in [2.05, 4.69) is 5.32 Å². The molecular formula is C29H24ClNO9. The molecule has 0 fully saturated rings. The third-order valence-electron chi connectivity index (χ3n) is 7.94. The van der Waals surface area contributed by atoms with E-state index in [1.807, 2.05) is 0 Å². The minimum Gasteiger partial charge on any atom is -0.497 e. The Labute approximate surface area is 232 Å². The number of ketones is 2. The summed E-state index contributed by atoms with van der Waals surface area (Å²) in [5.41, 5.74) is -1.46. The molecular weight excluding hydrogens is 542 g/mol. The standard InChI is InChI=1S/C29H24ClNO9/c1-12-7-17-22(27(34)29(12)28(35)23-19(37-3)10-20(38-4)24(30)26(23)40-29)14(9-21(32)31-17)16-11-39-18-6-5-13(36-2)8-15(18)25(16)33/h5-6,8,10-12,14H,7,9H2,1-4H3,(H,31,32)/t12-,14?,29+/m1/s1. The van der Waals surface area contributed by atoms with Crippen molar-refractivity contribution < 1.29 is 37.7 Å². The van der Waals surface area contributed by atoms with E-state index in [9.17, 15) is 19.2 Å². The summed E-state index contributed by atoms with van der Waals surface area (Å²) < 4.78 is 28.0. The first-order valence-electron chi connectivity index (χ1n) is 12.5. The number of ether oxygens (including phenoxy) is 4. The smallest absolute Gasteiger partial charge is 0.236 e. The molecule has 1 aliphatic carbocycles. The number of carbonyl (C=O) groups excluding carboxylic acids is 3. The third-order valence-corrected chi connectivity index (χ3v) is 8.30. The Morgan fingerprint density at radius 1 is 0.975 bits per heavy atom. The van der Waals surface area contributed by atoms with Crippen LogP contribution in [0, 0.1) is 5.92 Å². The molecule has 11 heteroatoms. The molecule has 40 heavy (non-hydrogen) atoms. The van der Waals surface area contributed by atoms with Gasteiger partial charge in [0, 0.05) is 41.2 Å². The SMILES string of the molecule is COc1ccc2occ(C3CC(=O)NC4=C3C(=O)[C@@]3(Oc5c(Cl)c(OC)cc(OC)c5C3=O)[C@H](C)C4)c(=O)c2c1. The van der Waals surface area contributed by atoms with Crippen LogP contribution in [-0.2, 0) is 9.59 Å². The zero-order chi connectivity index (χ0) is 28.5. The third kappa shape index (κ3) is 3.41. The first-order valence-corrected chi connectivity index (χ1v) is 12.9. The van der Waals surface area contributed by atoms with Gasteiger partial charge >= 0.3 is 0 Å². The fourth-order valence-corrected chi connectivity index (χ4v) is 6.21. The minimum atomic E-state index is -1.98. The predicted molar refractivity (Wildman–Crippen MR) is 143 cm³/mol. The van der Waals surface area contributed by atoms with Crippen molar-refractivity contribution in [1.82, 2.24) is 5.32 Å². The van der Waals surface area contributed by atoms with Crippen LogP contribution in [0.1, 0.15) is 41.6 Å². The molecule has 2 aromatic carbocycles. The monoisotopic (exact) mass is 565 g/mol. The Hall–Kier alpha value is -4.31. The largest absolute Gasteiger partial charge is 0.497 e. The second kappa shape index (κ2) is 9.12. The number of allylic oxidation sites excluding steroid dienone is 1. The van der Waals surface area contributed by atoms with Crippen LogP contribution in [0.3, 0.4) is 0 Å². The summed E-state index contributed by atoms with van der Waals surface area (Å²) in [6, 6.07) is 6.26. The second-order valence-electron chi connectivity index (χ2n) is 9.98. The van der Waals surface area contributed by atoms with Crippen molar-refractivity contribution in [2.24, 2.45) is 5.92 Å². The van der Waals surface area contributed by atoms with Gasteiger partial charge in [0.25, 0.3) is 0 Å². The van der Waals surface area contributed by atoms with Crippen LogP contribution in [0.5, 0.6) is 23.0 Å². The maximum atomic E-state index is 14.5. The van der Waals surface area contributed by atoms with Crippen molar-refractivity contribution in [1.29, 1.82) is 0 Å². The molecule has 0 saturated carbocycles. The van der Waals surface area contributed by atoms with Crippen molar-refractivity contribution in [3.05, 3.63) is 68.2 Å². The number of amides is 1. The number of methoxy groups -OCH3 is 3. The van der Waals surface area contributed by atoms with E-state index in [1.54, 1.807) is 19.1 Å². The van der Waals surface area contributed by atoms with Gasteiger partial charge in [0.2, 0.25) is 23.1 Å². The van der Waals surface area contributed by atoms with Crippen LogP contribution in [0.2, 0.25) is 5.02 Å². The highest BCUT2D eigenvalue weighted by atomic mass is 35.5. The molecule has 1 unspecified atom stereocenters. The van der Waals surface area contributed by atoms with Crippen LogP contribution in [-0.4, -0.2) is 44.4 Å². The first kappa shape index (κ1) is 25.9. The molecule has 3 atom stereocenters. The van der Waals surface area contributed by atoms with Crippen molar-refractivity contribution in [3.63, 3.8) is 0 Å². The number of fused-ring (bicyclic) bond motifs is 2. The molecule has 1 spiro atoms. The Morgan fingerprint density at radius 3 is 2.42 bits per heavy atom. The molecule has 2 aliphatic heterocycles. The zero-order valence-corrected chi connectivity index (χ0v) is 22.8. The summed E-state index contributed by atoms with van der Waals surface area (Å²) >= 11 is 6.53. The quantitative estimate of drug-likeness (QED) is 0.467. The van der Waals surface area contributed by atoms with Gasteiger partial charge in [0.05, 0.1) is 33.0 Å². The van der Waals surface area contributed by atoms with Crippen LogP contribution in [0.15, 0.2) is 51.0 Å². The van der Waals surface area contributed by atoms with E-state index in [1.165, 1.54) is 39.7 Å². The number of benzene rings is 2. The van der Waals surface area contributed by atoms with Gasteiger partial charge in [-0.1, -0.05) is 18.5 Å². The normalized spacial score (nSPS) is 23.6. The molecule has 3 aliphatic rings. The van der Waals surface area contributed by atoms with Crippen molar-refractivity contribution in [3.8, 4) is 23.0 Å². The van der Waals surface area contributed by atoms with E-state index in [0.29, 0.717) is 17.0 Å². The van der Waals surface area contributed by atoms with E-state index in [4.69, 9.17) is 35.0 Å². The van der Waals surface area contributed by atoms with E-state index in [0.717, 1.165) is 0 Å². The van der Waals surface area contributed by atoms with E-state index < -0.39 is 34.4 Å². The van der Waals surface area contributed by atoms with Gasteiger partial charge < -0.3 is 28.7 Å². The number of nitrogens with one attached hydrogen (secondary N) is 1. The minimum absolute atomic E-state index is 0.0131. The molecule has 1 aromatic heterocycles. The van der Waals surface area contributed by atoms with Crippen LogP contribution >= 0.6 is 11.6 Å². The first-order chi connectivity index (χ1) is 19.2. The van der Waals surface area contributed by atoms with E-state index in [-0.39, 0.29) is 63.1 Å². The lowest BCUT2D eigenvalue weighted by atomic mass is 9.66. The van der Waals surface area contributed by atoms with Crippen molar-refractivity contribution in [2.45, 2.75) is 31.3 Å². The van der Waals surface area contributed by atoms with Gasteiger partial charge in [-0.25, -0.2) is 0 Å². The van der Waals surface area contributed by atoms with Gasteiger partial charge in [-0.05, 0) is 24.6 Å². The van der Waals surface area contributed by atoms with Gasteiger partial charge in [-0.2, -0.15) is 0 Å². The number of hydrogen-bond donors (Lipinski definition) is 1. The number of carbonyl (C=O) groups is 3. The van der Waals surface area contributed by atoms with Gasteiger partial charge in [-0.3, -0.25) is 19.2 Å². The lowest BCUT2D eigenvalue weighted by molar-refractivity contribution is -0.131. The van der Waals surface area contributed by atoms with Gasteiger partial charge in [0.1, 0.15) is 33.4 Å². The van der Waals surface area contributed by atoms with Crippen molar-refractivity contribution in [2.75, 3.05) is 21.3 Å². The maximum absolute atomic E-state index is 14.5. The molecule has 206 valence electrons. The fraction of sp³-hybridized carbons (Fsp3) is 0.310. The predicted octanol–water partition coefficient (Wildman–Crippen LogP) is 3.95. The Kier molecular flexibility index (Phi) is 5.92. The summed E-state index contributed by atoms with van der Waals surface area (Å²) in [7, 11) is 4.27. The lowest BCUT2D eigenvalue weighted by Gasteiger charge is -2.41. The van der Waals surface area contributed by atoms with Crippen LogP contribution in [0.25, 0.3) is 11.0 Å². The average Bonchev–Trinajstić information content (AvgIpc) is 3.26. The van der Waals surface area contributed by atoms with Gasteiger partial charge in [-0.15, -0.1) is 0 Å². The highest BCUT2D eigenvalue weighted by Gasteiger charge is 2.63. The lowest BCUT2D eigenvalue weighted by Crippen LogP contribution is -2.59. The number of Topliss-reactive ketones (excluding diaryl/α,β-unsaturated/α-hetero) is 2. The number of halogens is 1. The summed E-state index contributed by atoms with van der Waals surface area (Å²) in [4.78, 5) is 55.0. The van der Waals surface area contributed by atoms with Gasteiger partial charge in [0.15, 0.2) is 11.2 Å². The van der Waals surface area contributed by atoms with Crippen molar-refractivity contribution >= 4 is 40.0 Å². The summed E-state index contributed by atoms with van der Waals surface area (Å²) in [6.45, 7) is 1.69. The van der Waals surface area contributed by atoms with E-state index >= 15 is 0 Å². The van der Waals surface area contributed by atoms with Crippen LogP contribution in [0.4, 0.5) is 0 Å². The molecule has 0 saturated heterocycles. The number of hydrogen-bond acceptors (Lipinski definition) is 9. The molecule has 1 amide bonds. The molecule has 3 heterocycles. The molecule has 0 bridgehead atoms. The Bertz CT molecular complexity index is 1740. The summed E-state index contributed by atoms with van der Waals surface area (Å²) in [5, 5.41) is 3.04. The molecule has 6 rings (SSSR count). The Morgan fingerprint density at radius 2 is 1.73 bits per heavy atom. The highest BCUT2D eigenvalue weighted by molar-refractivity contribution is 6.36. The average molecular weight is 566 g/mol. The maximum Gasteiger partial charge on any atom is 0.236 e. The summed E-state index contributed by atoms with van der Waals surface area (Å²) in [6.07, 6.45) is 1.20. The highest BCUT2D eigenvalue weighted by Crippen LogP contribution is 2.55. The molecule has 0 radical (unpaired) electrons. The zero-order valence-electron chi connectivity index (χ0n) is 22.0. The molecule has 3 aromatic rings.